The van der Waals surface area contributed by atoms with Gasteiger partial charge in [0.15, 0.2) is 0 Å². The quantitative estimate of drug-likeness (QED) is 0.868. The van der Waals surface area contributed by atoms with Crippen LogP contribution in [0.1, 0.15) is 18.4 Å². The molecule has 2 nitrogen and oxygen atoms in total. The van der Waals surface area contributed by atoms with E-state index in [0.29, 0.717) is 6.04 Å². The lowest BCUT2D eigenvalue weighted by molar-refractivity contribution is 0.536. The highest BCUT2D eigenvalue weighted by Gasteiger charge is 2.13. The highest BCUT2D eigenvalue weighted by atomic mass is 35.5. The molecule has 2 N–H and O–H groups in total. The van der Waals surface area contributed by atoms with Gasteiger partial charge in [0.1, 0.15) is 0 Å². The second-order valence-corrected chi connectivity index (χ2v) is 5.00. The van der Waals surface area contributed by atoms with Gasteiger partial charge in [-0.3, -0.25) is 0 Å². The zero-order valence-corrected chi connectivity index (χ0v) is 10.6. The van der Waals surface area contributed by atoms with Crippen LogP contribution in [-0.2, 0) is 6.54 Å². The van der Waals surface area contributed by atoms with Crippen molar-refractivity contribution in [3.63, 3.8) is 0 Å². The minimum absolute atomic E-state index is 0.609. The summed E-state index contributed by atoms with van der Waals surface area (Å²) >= 11 is 12.0. The maximum atomic E-state index is 6.08. The molecule has 0 spiro atoms. The van der Waals surface area contributed by atoms with E-state index in [-0.39, 0.29) is 0 Å². The van der Waals surface area contributed by atoms with E-state index < -0.39 is 0 Å². The van der Waals surface area contributed by atoms with Crippen LogP contribution in [0, 0.1) is 0 Å². The maximum absolute atomic E-state index is 6.08. The molecule has 2 rings (SSSR count). The fourth-order valence-electron chi connectivity index (χ4n) is 1.99. The number of halogens is 2. The number of rotatable bonds is 4. The van der Waals surface area contributed by atoms with E-state index in [1.54, 1.807) is 0 Å². The third kappa shape index (κ3) is 3.36. The number of benzene rings is 1. The first-order valence-corrected chi connectivity index (χ1v) is 6.39. The van der Waals surface area contributed by atoms with Crippen molar-refractivity contribution in [3.8, 4) is 0 Å². The van der Waals surface area contributed by atoms with Crippen molar-refractivity contribution in [2.45, 2.75) is 25.4 Å². The molecule has 0 radical (unpaired) electrons. The van der Waals surface area contributed by atoms with E-state index in [1.807, 2.05) is 18.2 Å². The fourth-order valence-corrected chi connectivity index (χ4v) is 2.37. The van der Waals surface area contributed by atoms with Gasteiger partial charge in [-0.2, -0.15) is 0 Å². The number of nitrogens with one attached hydrogen (secondary N) is 2. The Morgan fingerprint density at radius 1 is 1.38 bits per heavy atom. The third-order valence-electron chi connectivity index (χ3n) is 2.88. The molecule has 1 aromatic carbocycles. The van der Waals surface area contributed by atoms with Crippen LogP contribution in [0.3, 0.4) is 0 Å². The molecule has 0 saturated carbocycles. The predicted octanol–water partition coefficient (Wildman–Crippen LogP) is 2.84. The molecule has 0 aliphatic carbocycles. The van der Waals surface area contributed by atoms with Gasteiger partial charge in [-0.25, -0.2) is 0 Å². The smallest absolute Gasteiger partial charge is 0.0451 e. The van der Waals surface area contributed by atoms with Crippen molar-refractivity contribution in [2.75, 3.05) is 13.1 Å². The van der Waals surface area contributed by atoms with Gasteiger partial charge < -0.3 is 10.6 Å². The van der Waals surface area contributed by atoms with Crippen molar-refractivity contribution in [3.05, 3.63) is 33.8 Å². The molecule has 1 aliphatic rings. The van der Waals surface area contributed by atoms with Crippen LogP contribution in [0.2, 0.25) is 10.0 Å². The molecule has 0 bridgehead atoms. The van der Waals surface area contributed by atoms with Crippen LogP contribution in [0.15, 0.2) is 18.2 Å². The topological polar surface area (TPSA) is 24.1 Å². The summed E-state index contributed by atoms with van der Waals surface area (Å²) in [6.45, 7) is 2.91. The summed E-state index contributed by atoms with van der Waals surface area (Å²) in [5.41, 5.74) is 1.06. The Morgan fingerprint density at radius 2 is 2.25 bits per heavy atom. The molecule has 4 heteroatoms. The van der Waals surface area contributed by atoms with E-state index in [0.717, 1.165) is 35.2 Å². The average molecular weight is 259 g/mol. The van der Waals surface area contributed by atoms with Gasteiger partial charge in [0.2, 0.25) is 0 Å². The van der Waals surface area contributed by atoms with E-state index >= 15 is 0 Å². The van der Waals surface area contributed by atoms with Gasteiger partial charge in [0.05, 0.1) is 0 Å². The van der Waals surface area contributed by atoms with E-state index in [9.17, 15) is 0 Å². The van der Waals surface area contributed by atoms with E-state index in [1.165, 1.54) is 12.8 Å². The first-order chi connectivity index (χ1) is 7.75. The van der Waals surface area contributed by atoms with Crippen molar-refractivity contribution < 1.29 is 0 Å². The van der Waals surface area contributed by atoms with Gasteiger partial charge in [0, 0.05) is 29.2 Å². The highest BCUT2D eigenvalue weighted by molar-refractivity contribution is 6.33. The molecule has 0 aromatic heterocycles. The third-order valence-corrected chi connectivity index (χ3v) is 3.48. The van der Waals surface area contributed by atoms with Gasteiger partial charge in [0.25, 0.3) is 0 Å². The number of hydrogen-bond donors (Lipinski definition) is 2. The summed E-state index contributed by atoms with van der Waals surface area (Å²) in [5.74, 6) is 0. The summed E-state index contributed by atoms with van der Waals surface area (Å²) < 4.78 is 0. The fraction of sp³-hybridized carbons (Fsp3) is 0.500. The normalized spacial score (nSPS) is 20.2. The molecule has 0 unspecified atom stereocenters. The molecular formula is C12H16Cl2N2. The Balaban J connectivity index is 1.82. The van der Waals surface area contributed by atoms with Crippen LogP contribution >= 0.6 is 23.2 Å². The maximum Gasteiger partial charge on any atom is 0.0451 e. The Bertz CT molecular complexity index is 349. The minimum Gasteiger partial charge on any atom is -0.313 e. The Hall–Kier alpha value is -0.280. The van der Waals surface area contributed by atoms with E-state index in [4.69, 9.17) is 23.2 Å². The van der Waals surface area contributed by atoms with Crippen LogP contribution in [0.25, 0.3) is 0 Å². The van der Waals surface area contributed by atoms with Crippen LogP contribution < -0.4 is 10.6 Å². The Kier molecular flexibility index (Phi) is 4.47. The second-order valence-electron chi connectivity index (χ2n) is 4.16. The molecule has 0 amide bonds. The van der Waals surface area contributed by atoms with Crippen LogP contribution in [0.5, 0.6) is 0 Å². The first-order valence-electron chi connectivity index (χ1n) is 5.64. The van der Waals surface area contributed by atoms with Crippen molar-refractivity contribution in [1.82, 2.24) is 10.6 Å². The van der Waals surface area contributed by atoms with E-state index in [2.05, 4.69) is 10.6 Å². The average Bonchev–Trinajstić information content (AvgIpc) is 2.76. The zero-order valence-electron chi connectivity index (χ0n) is 9.10. The SMILES string of the molecule is Clc1ccc(Cl)c(CNC[C@@H]2CCCN2)c1. The predicted molar refractivity (Wildman–Crippen MR) is 69.2 cm³/mol. The molecule has 88 valence electrons. The molecule has 1 atom stereocenters. The zero-order chi connectivity index (χ0) is 11.4. The van der Waals surface area contributed by atoms with Crippen molar-refractivity contribution in [1.29, 1.82) is 0 Å². The molecule has 1 aromatic rings. The summed E-state index contributed by atoms with van der Waals surface area (Å²) in [4.78, 5) is 0. The van der Waals surface area contributed by atoms with Crippen LogP contribution in [-0.4, -0.2) is 19.1 Å². The highest BCUT2D eigenvalue weighted by Crippen LogP contribution is 2.20. The molecular weight excluding hydrogens is 243 g/mol. The lowest BCUT2D eigenvalue weighted by atomic mass is 10.2. The van der Waals surface area contributed by atoms with Gasteiger partial charge >= 0.3 is 0 Å². The lowest BCUT2D eigenvalue weighted by Gasteiger charge is -2.12. The molecule has 1 heterocycles. The minimum atomic E-state index is 0.609. The molecule has 1 fully saturated rings. The summed E-state index contributed by atoms with van der Waals surface area (Å²) in [5, 5.41) is 8.36. The monoisotopic (exact) mass is 258 g/mol. The first kappa shape index (κ1) is 12.2. The standard InChI is InChI=1S/C12H16Cl2N2/c13-10-3-4-12(14)9(6-10)7-15-8-11-2-1-5-16-11/h3-4,6,11,15-16H,1-2,5,7-8H2/t11-/m0/s1. The van der Waals surface area contributed by atoms with Gasteiger partial charge in [-0.05, 0) is 43.1 Å². The largest absolute Gasteiger partial charge is 0.313 e. The van der Waals surface area contributed by atoms with Gasteiger partial charge in [-0.1, -0.05) is 23.2 Å². The summed E-state index contributed by atoms with van der Waals surface area (Å²) in [6.07, 6.45) is 2.54. The van der Waals surface area contributed by atoms with Crippen molar-refractivity contribution in [2.24, 2.45) is 0 Å². The molecule has 16 heavy (non-hydrogen) atoms. The van der Waals surface area contributed by atoms with Gasteiger partial charge in [-0.15, -0.1) is 0 Å². The number of hydrogen-bond acceptors (Lipinski definition) is 2. The van der Waals surface area contributed by atoms with Crippen molar-refractivity contribution >= 4 is 23.2 Å². The molecule has 1 saturated heterocycles. The van der Waals surface area contributed by atoms with Crippen LogP contribution in [0.4, 0.5) is 0 Å². The molecule has 1 aliphatic heterocycles. The lowest BCUT2D eigenvalue weighted by Crippen LogP contribution is -2.33. The summed E-state index contributed by atoms with van der Waals surface area (Å²) in [7, 11) is 0. The second kappa shape index (κ2) is 5.87. The Morgan fingerprint density at radius 3 is 3.00 bits per heavy atom. The Labute approximate surface area is 106 Å². The summed E-state index contributed by atoms with van der Waals surface area (Å²) in [6, 6.07) is 6.18.